The highest BCUT2D eigenvalue weighted by molar-refractivity contribution is 9.10. The van der Waals surface area contributed by atoms with Crippen LogP contribution in [0.3, 0.4) is 0 Å². The van der Waals surface area contributed by atoms with Crippen LogP contribution in [0.5, 0.6) is 0 Å². The summed E-state index contributed by atoms with van der Waals surface area (Å²) in [4.78, 5) is 8.87. The monoisotopic (exact) mass is 329 g/mol. The predicted molar refractivity (Wildman–Crippen MR) is 64.6 cm³/mol. The van der Waals surface area contributed by atoms with Gasteiger partial charge in [-0.3, -0.25) is 0 Å². The quantitative estimate of drug-likeness (QED) is 0.842. The molecule has 0 bridgehead atoms. The summed E-state index contributed by atoms with van der Waals surface area (Å²) in [5, 5.41) is 8.75. The van der Waals surface area contributed by atoms with E-state index in [2.05, 4.69) is 25.9 Å². The van der Waals surface area contributed by atoms with Crippen molar-refractivity contribution in [1.82, 2.24) is 9.97 Å². The van der Waals surface area contributed by atoms with Gasteiger partial charge in [0.1, 0.15) is 5.82 Å². The lowest BCUT2D eigenvalue weighted by Crippen LogP contribution is -2.39. The van der Waals surface area contributed by atoms with Crippen molar-refractivity contribution in [1.29, 1.82) is 0 Å². The molecule has 96 valence electrons. The number of anilines is 1. The number of hydrogen-bond donors (Lipinski definition) is 1. The van der Waals surface area contributed by atoms with Crippen molar-refractivity contribution in [2.45, 2.75) is 18.9 Å². The molecule has 1 aromatic rings. The zero-order chi connectivity index (χ0) is 13.0. The van der Waals surface area contributed by atoms with Gasteiger partial charge in [0.25, 0.3) is 6.43 Å². The van der Waals surface area contributed by atoms with Crippen LogP contribution < -0.4 is 4.90 Å². The molecule has 0 radical (unpaired) electrons. The minimum absolute atomic E-state index is 0.0212. The van der Waals surface area contributed by atoms with Gasteiger partial charge in [0.2, 0.25) is 5.28 Å². The van der Waals surface area contributed by atoms with Crippen LogP contribution in [-0.4, -0.2) is 41.2 Å². The molecule has 0 amide bonds. The Bertz CT molecular complexity index is 383. The molecule has 1 atom stereocenters. The summed E-state index contributed by atoms with van der Waals surface area (Å²) >= 11 is 8.78. The van der Waals surface area contributed by atoms with Gasteiger partial charge in [-0.15, -0.1) is 0 Å². The lowest BCUT2D eigenvalue weighted by atomic mass is 10.2. The van der Waals surface area contributed by atoms with Crippen molar-refractivity contribution in [3.8, 4) is 0 Å². The molecule has 0 saturated heterocycles. The second kappa shape index (κ2) is 6.42. The van der Waals surface area contributed by atoms with Crippen molar-refractivity contribution in [2.75, 3.05) is 18.6 Å². The Labute approximate surface area is 111 Å². The first-order valence-corrected chi connectivity index (χ1v) is 5.94. The largest absolute Gasteiger partial charge is 0.396 e. The van der Waals surface area contributed by atoms with Crippen LogP contribution in [-0.2, 0) is 0 Å². The summed E-state index contributed by atoms with van der Waals surface area (Å²) < 4.78 is 26.1. The molecule has 0 fully saturated rings. The topological polar surface area (TPSA) is 49.2 Å². The van der Waals surface area contributed by atoms with Gasteiger partial charge in [0, 0.05) is 19.9 Å². The fourth-order valence-corrected chi connectivity index (χ4v) is 1.96. The Morgan fingerprint density at radius 3 is 2.76 bits per heavy atom. The first kappa shape index (κ1) is 14.5. The number of rotatable bonds is 5. The van der Waals surface area contributed by atoms with E-state index in [4.69, 9.17) is 16.7 Å². The average molecular weight is 331 g/mol. The molecule has 1 rings (SSSR count). The third kappa shape index (κ3) is 3.72. The van der Waals surface area contributed by atoms with E-state index < -0.39 is 12.5 Å². The van der Waals surface area contributed by atoms with E-state index in [0.29, 0.717) is 4.47 Å². The van der Waals surface area contributed by atoms with Crippen LogP contribution in [0.1, 0.15) is 6.42 Å². The number of aliphatic hydroxyl groups is 1. The first-order chi connectivity index (χ1) is 7.97. The van der Waals surface area contributed by atoms with Crippen molar-refractivity contribution in [2.24, 2.45) is 0 Å². The van der Waals surface area contributed by atoms with Crippen LogP contribution >= 0.6 is 27.5 Å². The Morgan fingerprint density at radius 2 is 2.24 bits per heavy atom. The molecule has 0 aliphatic rings. The van der Waals surface area contributed by atoms with Crippen molar-refractivity contribution >= 4 is 33.3 Å². The molecule has 0 aliphatic heterocycles. The van der Waals surface area contributed by atoms with Gasteiger partial charge in [-0.05, 0) is 34.0 Å². The molecule has 8 heteroatoms. The zero-order valence-corrected chi connectivity index (χ0v) is 11.3. The third-order valence-electron chi connectivity index (χ3n) is 2.24. The highest BCUT2D eigenvalue weighted by Crippen LogP contribution is 2.27. The van der Waals surface area contributed by atoms with Gasteiger partial charge in [-0.2, -0.15) is 4.98 Å². The standard InChI is InChI=1S/C9H11BrClF2N3O/c1-16(6(2-3-17)7(12)13)8-5(10)4-14-9(11)15-8/h4,6-7,17H,2-3H2,1H3. The minimum atomic E-state index is -2.59. The summed E-state index contributed by atoms with van der Waals surface area (Å²) in [7, 11) is 1.47. The van der Waals surface area contributed by atoms with E-state index in [1.54, 1.807) is 0 Å². The van der Waals surface area contributed by atoms with Gasteiger partial charge < -0.3 is 10.0 Å². The normalized spacial score (nSPS) is 12.9. The van der Waals surface area contributed by atoms with Gasteiger partial charge in [0.15, 0.2) is 0 Å². The molecular formula is C9H11BrClF2N3O. The third-order valence-corrected chi connectivity index (χ3v) is 2.98. The Balaban J connectivity index is 2.99. The molecule has 0 aliphatic carbocycles. The smallest absolute Gasteiger partial charge is 0.258 e. The maximum absolute atomic E-state index is 12.8. The van der Waals surface area contributed by atoms with Crippen LogP contribution in [0.4, 0.5) is 14.6 Å². The van der Waals surface area contributed by atoms with Crippen LogP contribution in [0, 0.1) is 0 Å². The minimum Gasteiger partial charge on any atom is -0.396 e. The average Bonchev–Trinajstić information content (AvgIpc) is 2.28. The van der Waals surface area contributed by atoms with E-state index in [0.717, 1.165) is 0 Å². The fraction of sp³-hybridized carbons (Fsp3) is 0.556. The second-order valence-electron chi connectivity index (χ2n) is 3.34. The van der Waals surface area contributed by atoms with Gasteiger partial charge >= 0.3 is 0 Å². The van der Waals surface area contributed by atoms with Crippen LogP contribution in [0.2, 0.25) is 5.28 Å². The molecule has 1 heterocycles. The lowest BCUT2D eigenvalue weighted by Gasteiger charge is -2.28. The zero-order valence-electron chi connectivity index (χ0n) is 8.95. The highest BCUT2D eigenvalue weighted by atomic mass is 79.9. The fourth-order valence-electron chi connectivity index (χ4n) is 1.36. The molecule has 0 saturated carbocycles. The maximum atomic E-state index is 12.8. The van der Waals surface area contributed by atoms with Crippen molar-refractivity contribution < 1.29 is 13.9 Å². The summed E-state index contributed by atoms with van der Waals surface area (Å²) in [6.45, 7) is -0.324. The molecule has 17 heavy (non-hydrogen) atoms. The molecule has 1 unspecified atom stereocenters. The van der Waals surface area contributed by atoms with Crippen molar-refractivity contribution in [3.05, 3.63) is 16.0 Å². The van der Waals surface area contributed by atoms with Gasteiger partial charge in [-0.25, -0.2) is 13.8 Å². The molecule has 0 spiro atoms. The molecule has 1 aromatic heterocycles. The van der Waals surface area contributed by atoms with Gasteiger partial charge in [-0.1, -0.05) is 0 Å². The SMILES string of the molecule is CN(c1nc(Cl)ncc1Br)C(CCO)C(F)F. The van der Waals surface area contributed by atoms with E-state index in [1.165, 1.54) is 18.1 Å². The van der Waals surface area contributed by atoms with Crippen molar-refractivity contribution in [3.63, 3.8) is 0 Å². The highest BCUT2D eigenvalue weighted by Gasteiger charge is 2.26. The number of alkyl halides is 2. The van der Waals surface area contributed by atoms with Gasteiger partial charge in [0.05, 0.1) is 10.5 Å². The number of halogens is 4. The number of aromatic nitrogens is 2. The summed E-state index contributed by atoms with van der Waals surface area (Å²) in [6, 6.07) is -1.12. The summed E-state index contributed by atoms with van der Waals surface area (Å²) in [5.41, 5.74) is 0. The summed E-state index contributed by atoms with van der Waals surface area (Å²) in [5.74, 6) is 0.267. The van der Waals surface area contributed by atoms with Crippen LogP contribution in [0.15, 0.2) is 10.7 Å². The Hall–Kier alpha value is -0.530. The van der Waals surface area contributed by atoms with E-state index in [-0.39, 0.29) is 24.1 Å². The Morgan fingerprint density at radius 1 is 1.59 bits per heavy atom. The number of aliphatic hydroxyl groups excluding tert-OH is 1. The Kier molecular flexibility index (Phi) is 5.48. The first-order valence-electron chi connectivity index (χ1n) is 4.77. The second-order valence-corrected chi connectivity index (χ2v) is 4.53. The lowest BCUT2D eigenvalue weighted by molar-refractivity contribution is 0.0985. The summed E-state index contributed by atoms with van der Waals surface area (Å²) in [6.07, 6.45) is -1.25. The molecule has 1 N–H and O–H groups in total. The molecule has 0 aromatic carbocycles. The van der Waals surface area contributed by atoms with E-state index >= 15 is 0 Å². The predicted octanol–water partition coefficient (Wildman–Crippen LogP) is 2.34. The van der Waals surface area contributed by atoms with E-state index in [9.17, 15) is 8.78 Å². The molecular weight excluding hydrogens is 319 g/mol. The van der Waals surface area contributed by atoms with Crippen LogP contribution in [0.25, 0.3) is 0 Å². The number of hydrogen-bond acceptors (Lipinski definition) is 4. The number of nitrogens with zero attached hydrogens (tertiary/aromatic N) is 3. The van der Waals surface area contributed by atoms with E-state index in [1.807, 2.05) is 0 Å². The molecule has 4 nitrogen and oxygen atoms in total. The maximum Gasteiger partial charge on any atom is 0.258 e.